The summed E-state index contributed by atoms with van der Waals surface area (Å²) in [5.74, 6) is 0. The molecule has 0 heterocycles. The molecule has 0 spiro atoms. The van der Waals surface area contributed by atoms with Crippen molar-refractivity contribution in [3.8, 4) is 0 Å². The second-order valence-electron chi connectivity index (χ2n) is 1.92. The van der Waals surface area contributed by atoms with Crippen molar-refractivity contribution in [3.05, 3.63) is 42.0 Å². The van der Waals surface area contributed by atoms with Crippen molar-refractivity contribution in [2.45, 2.75) is 0 Å². The highest BCUT2D eigenvalue weighted by Crippen LogP contribution is 1.99. The van der Waals surface area contributed by atoms with E-state index in [2.05, 4.69) is 0 Å². The third-order valence-corrected chi connectivity index (χ3v) is 1.17. The quantitative estimate of drug-likeness (QED) is 0.654. The Balaban J connectivity index is 2.65. The van der Waals surface area contributed by atoms with E-state index in [0.717, 1.165) is 5.56 Å². The van der Waals surface area contributed by atoms with Gasteiger partial charge >= 0.3 is 0 Å². The van der Waals surface area contributed by atoms with Crippen LogP contribution in [0.2, 0.25) is 0 Å². The van der Waals surface area contributed by atoms with Crippen molar-refractivity contribution in [2.24, 2.45) is 0 Å². The lowest BCUT2D eigenvalue weighted by atomic mass is 10.2. The fourth-order valence-electron chi connectivity index (χ4n) is 0.718. The third-order valence-electron chi connectivity index (χ3n) is 1.17. The van der Waals surface area contributed by atoms with Gasteiger partial charge in [0.2, 0.25) is 0 Å². The van der Waals surface area contributed by atoms with E-state index in [1.54, 1.807) is 6.08 Å². The molecule has 1 aromatic rings. The van der Waals surface area contributed by atoms with Crippen LogP contribution in [0.5, 0.6) is 0 Å². The predicted molar refractivity (Wildman–Crippen MR) is 42.6 cm³/mol. The standard InChI is InChI=1S/C9H10O/c10-8-4-7-9-5-2-1-3-6-9/h1-7,10H,8H2/b7-4+/i8D. The third kappa shape index (κ3) is 2.03. The van der Waals surface area contributed by atoms with Crippen molar-refractivity contribution < 1.29 is 6.48 Å². The van der Waals surface area contributed by atoms with Gasteiger partial charge in [0, 0.05) is 0 Å². The Kier molecular flexibility index (Phi) is 2.19. The zero-order valence-corrected chi connectivity index (χ0v) is 5.57. The molecule has 0 amide bonds. The summed E-state index contributed by atoms with van der Waals surface area (Å²) in [7, 11) is 0. The Morgan fingerprint density at radius 3 is 2.70 bits per heavy atom. The first kappa shape index (κ1) is 5.69. The van der Waals surface area contributed by atoms with E-state index in [-0.39, 0.29) is 0 Å². The molecule has 10 heavy (non-hydrogen) atoms. The van der Waals surface area contributed by atoms with Crippen LogP contribution in [0.3, 0.4) is 0 Å². The van der Waals surface area contributed by atoms with Crippen LogP contribution in [0.1, 0.15) is 6.93 Å². The van der Waals surface area contributed by atoms with E-state index in [4.69, 9.17) is 6.48 Å². The van der Waals surface area contributed by atoms with E-state index in [1.807, 2.05) is 30.3 Å². The molecule has 0 bridgehead atoms. The Morgan fingerprint density at radius 2 is 2.10 bits per heavy atom. The van der Waals surface area contributed by atoms with Gasteiger partial charge in [0.25, 0.3) is 0 Å². The SMILES string of the molecule is [2H]C(O)/C=C/c1ccccc1. The van der Waals surface area contributed by atoms with Crippen molar-refractivity contribution in [3.63, 3.8) is 0 Å². The molecule has 52 valence electrons. The Morgan fingerprint density at radius 1 is 1.40 bits per heavy atom. The molecule has 1 rings (SSSR count). The first-order valence-corrected chi connectivity index (χ1v) is 3.12. The molecule has 0 aliphatic rings. The van der Waals surface area contributed by atoms with Crippen LogP contribution in [0.25, 0.3) is 6.08 Å². The van der Waals surface area contributed by atoms with Gasteiger partial charge < -0.3 is 5.11 Å². The topological polar surface area (TPSA) is 20.2 Å². The summed E-state index contributed by atoms with van der Waals surface area (Å²) in [6.45, 7) is -1.12. The van der Waals surface area contributed by atoms with E-state index in [1.165, 1.54) is 6.08 Å². The van der Waals surface area contributed by atoms with Crippen LogP contribution in [0.15, 0.2) is 36.4 Å². The summed E-state index contributed by atoms with van der Waals surface area (Å²) in [5.41, 5.74) is 0.999. The minimum atomic E-state index is -1.12. The van der Waals surface area contributed by atoms with Crippen LogP contribution in [-0.4, -0.2) is 11.7 Å². The van der Waals surface area contributed by atoms with Crippen LogP contribution in [-0.2, 0) is 0 Å². The van der Waals surface area contributed by atoms with Gasteiger partial charge in [-0.25, -0.2) is 0 Å². The fourth-order valence-corrected chi connectivity index (χ4v) is 0.718. The minimum Gasteiger partial charge on any atom is -0.392 e. The molecule has 0 aliphatic heterocycles. The second kappa shape index (κ2) is 3.85. The first-order chi connectivity index (χ1) is 5.29. The second-order valence-corrected chi connectivity index (χ2v) is 1.92. The van der Waals surface area contributed by atoms with Gasteiger partial charge in [-0.15, -0.1) is 0 Å². The number of aliphatic hydroxyl groups is 1. The highest BCUT2D eigenvalue weighted by molar-refractivity contribution is 5.48. The lowest BCUT2D eigenvalue weighted by Gasteiger charge is -1.88. The molecule has 1 unspecified atom stereocenters. The summed E-state index contributed by atoms with van der Waals surface area (Å²) in [6, 6.07) is 9.58. The predicted octanol–water partition coefficient (Wildman–Crippen LogP) is 1.69. The molecule has 1 heteroatoms. The fraction of sp³-hybridized carbons (Fsp3) is 0.111. The summed E-state index contributed by atoms with van der Waals surface area (Å²) < 4.78 is 6.80. The molecule has 0 radical (unpaired) electrons. The van der Waals surface area contributed by atoms with Gasteiger partial charge in [-0.1, -0.05) is 42.5 Å². The van der Waals surface area contributed by atoms with Crippen molar-refractivity contribution in [1.82, 2.24) is 0 Å². The molecule has 0 fully saturated rings. The van der Waals surface area contributed by atoms with Gasteiger partial charge in [-0.3, -0.25) is 0 Å². The molecular weight excluding hydrogens is 124 g/mol. The maximum atomic E-state index is 8.59. The molecule has 0 saturated heterocycles. The maximum Gasteiger partial charge on any atom is 0.0615 e. The van der Waals surface area contributed by atoms with E-state index in [9.17, 15) is 0 Å². The molecular formula is C9H10O. The highest BCUT2D eigenvalue weighted by Gasteiger charge is 1.79. The summed E-state index contributed by atoms with van der Waals surface area (Å²) >= 11 is 0. The van der Waals surface area contributed by atoms with Crippen LogP contribution >= 0.6 is 0 Å². The van der Waals surface area contributed by atoms with Crippen molar-refractivity contribution in [2.75, 3.05) is 6.58 Å². The summed E-state index contributed by atoms with van der Waals surface area (Å²) in [6.07, 6.45) is 3.15. The molecule has 0 aromatic heterocycles. The molecule has 1 N–H and O–H groups in total. The lowest BCUT2D eigenvalue weighted by molar-refractivity contribution is 0.343. The van der Waals surface area contributed by atoms with Crippen LogP contribution in [0, 0.1) is 0 Å². The number of hydrogen-bond acceptors (Lipinski definition) is 1. The van der Waals surface area contributed by atoms with Gasteiger partial charge in [-0.05, 0) is 5.56 Å². The van der Waals surface area contributed by atoms with E-state index >= 15 is 0 Å². The monoisotopic (exact) mass is 135 g/mol. The largest absolute Gasteiger partial charge is 0.392 e. The summed E-state index contributed by atoms with van der Waals surface area (Å²) in [5, 5.41) is 8.59. The average Bonchev–Trinajstić information content (AvgIpc) is 2.03. The number of benzene rings is 1. The zero-order chi connectivity index (χ0) is 8.10. The normalized spacial score (nSPS) is 15.1. The number of aliphatic hydroxyl groups excluding tert-OH is 1. The molecule has 0 aliphatic carbocycles. The number of rotatable bonds is 2. The maximum absolute atomic E-state index is 8.59. The Bertz CT molecular complexity index is 229. The van der Waals surface area contributed by atoms with Gasteiger partial charge in [0.1, 0.15) is 0 Å². The Labute approximate surface area is 62.0 Å². The smallest absolute Gasteiger partial charge is 0.0615 e. The molecule has 0 saturated carbocycles. The van der Waals surface area contributed by atoms with Gasteiger partial charge in [0.15, 0.2) is 0 Å². The summed E-state index contributed by atoms with van der Waals surface area (Å²) in [4.78, 5) is 0. The zero-order valence-electron chi connectivity index (χ0n) is 6.57. The lowest BCUT2D eigenvalue weighted by Crippen LogP contribution is -1.72. The average molecular weight is 135 g/mol. The Hall–Kier alpha value is -1.08. The highest BCUT2D eigenvalue weighted by atomic mass is 16.2. The minimum absolute atomic E-state index is 0.999. The molecule has 1 nitrogen and oxygen atoms in total. The van der Waals surface area contributed by atoms with Gasteiger partial charge in [0.05, 0.1) is 7.95 Å². The van der Waals surface area contributed by atoms with Crippen LogP contribution in [0.4, 0.5) is 0 Å². The van der Waals surface area contributed by atoms with Crippen molar-refractivity contribution in [1.29, 1.82) is 0 Å². The first-order valence-electron chi connectivity index (χ1n) is 3.70. The van der Waals surface area contributed by atoms with Crippen LogP contribution < -0.4 is 0 Å². The van der Waals surface area contributed by atoms with E-state index < -0.39 is 6.58 Å². The van der Waals surface area contributed by atoms with Crippen molar-refractivity contribution >= 4 is 6.08 Å². The molecule has 1 atom stereocenters. The number of hydrogen-bond donors (Lipinski definition) is 1. The van der Waals surface area contributed by atoms with E-state index in [0.29, 0.717) is 0 Å². The van der Waals surface area contributed by atoms with Gasteiger partial charge in [-0.2, -0.15) is 0 Å². The molecule has 1 aromatic carbocycles.